The van der Waals surface area contributed by atoms with Crippen LogP contribution in [0.1, 0.15) is 77.3 Å². The van der Waals surface area contributed by atoms with Gasteiger partial charge in [-0.05, 0) is 68.7 Å². The summed E-state index contributed by atoms with van der Waals surface area (Å²) in [5.41, 5.74) is 2.22. The molecule has 5 aromatic rings. The number of carbonyl (C=O) groups is 1. The van der Waals surface area contributed by atoms with E-state index in [-0.39, 0.29) is 49.4 Å². The first-order valence-electron chi connectivity index (χ1n) is 19.8. The SMILES string of the molecule is COc1ccc(C(OC[C@H]2O[C@@H](n3nnc4c(NC(=O)C(C)C)ncnc43)C[C@@H]2OP(OCCC#N)N(C(C)C)C(C)C)(c2ccccc2)c2ccc(OC)cc2)cc1. The lowest BCUT2D eigenvalue weighted by Gasteiger charge is -2.39. The van der Waals surface area contributed by atoms with Gasteiger partial charge >= 0.3 is 0 Å². The number of amides is 1. The molecule has 2 aromatic heterocycles. The highest BCUT2D eigenvalue weighted by Gasteiger charge is 2.45. The van der Waals surface area contributed by atoms with Crippen LogP contribution in [-0.4, -0.2) is 87.3 Å². The van der Waals surface area contributed by atoms with Crippen molar-refractivity contribution in [1.82, 2.24) is 29.6 Å². The Morgan fingerprint density at radius 3 is 2.10 bits per heavy atom. The van der Waals surface area contributed by atoms with Crippen molar-refractivity contribution < 1.29 is 32.8 Å². The molecule has 15 nitrogen and oxygen atoms in total. The maximum Gasteiger partial charge on any atom is 0.259 e. The Balaban J connectivity index is 1.43. The van der Waals surface area contributed by atoms with E-state index in [0.29, 0.717) is 29.1 Å². The summed E-state index contributed by atoms with van der Waals surface area (Å²) in [6.07, 6.45) is -0.0196. The second kappa shape index (κ2) is 19.8. The number of methoxy groups -OCH3 is 2. The van der Waals surface area contributed by atoms with E-state index >= 15 is 0 Å². The van der Waals surface area contributed by atoms with Gasteiger partial charge in [0, 0.05) is 24.4 Å². The zero-order valence-corrected chi connectivity index (χ0v) is 35.7. The number of benzene rings is 3. The quantitative estimate of drug-likeness (QED) is 0.0487. The lowest BCUT2D eigenvalue weighted by atomic mass is 9.80. The fraction of sp³-hybridized carbons (Fsp3) is 0.442. The summed E-state index contributed by atoms with van der Waals surface area (Å²) in [6, 6.07) is 28.1. The molecule has 4 atom stereocenters. The van der Waals surface area contributed by atoms with Crippen molar-refractivity contribution in [2.75, 3.05) is 32.8 Å². The van der Waals surface area contributed by atoms with Gasteiger partial charge in [0.2, 0.25) is 5.91 Å². The van der Waals surface area contributed by atoms with Crippen molar-refractivity contribution in [2.24, 2.45) is 5.92 Å². The van der Waals surface area contributed by atoms with Crippen molar-refractivity contribution in [3.8, 4) is 17.6 Å². The Labute approximate surface area is 346 Å². The van der Waals surface area contributed by atoms with Crippen molar-refractivity contribution in [1.29, 1.82) is 5.26 Å². The van der Waals surface area contributed by atoms with Gasteiger partial charge in [0.1, 0.15) is 29.5 Å². The monoisotopic (exact) mass is 824 g/mol. The molecule has 59 heavy (non-hydrogen) atoms. The molecule has 1 saturated heterocycles. The molecule has 1 N–H and O–H groups in total. The van der Waals surface area contributed by atoms with E-state index in [0.717, 1.165) is 16.7 Å². The molecule has 312 valence electrons. The molecule has 16 heteroatoms. The van der Waals surface area contributed by atoms with Crippen molar-refractivity contribution >= 4 is 31.4 Å². The smallest absolute Gasteiger partial charge is 0.259 e. The number of ether oxygens (including phenoxy) is 4. The summed E-state index contributed by atoms with van der Waals surface area (Å²) in [6.45, 7) is 12.2. The number of anilines is 1. The van der Waals surface area contributed by atoms with Crippen LogP contribution in [-0.2, 0) is 28.9 Å². The Morgan fingerprint density at radius 1 is 0.932 bits per heavy atom. The van der Waals surface area contributed by atoms with Crippen LogP contribution >= 0.6 is 8.53 Å². The van der Waals surface area contributed by atoms with Crippen LogP contribution in [0, 0.1) is 17.2 Å². The minimum atomic E-state index is -1.67. The third-order valence-electron chi connectivity index (χ3n) is 10.0. The Kier molecular flexibility index (Phi) is 14.6. The van der Waals surface area contributed by atoms with Crippen LogP contribution in [0.2, 0.25) is 0 Å². The number of carbonyl (C=O) groups excluding carboxylic acids is 1. The van der Waals surface area contributed by atoms with Gasteiger partial charge in [-0.2, -0.15) is 9.94 Å². The van der Waals surface area contributed by atoms with E-state index in [9.17, 15) is 10.1 Å². The lowest BCUT2D eigenvalue weighted by Crippen LogP contribution is -2.39. The zero-order valence-electron chi connectivity index (χ0n) is 34.8. The molecule has 6 rings (SSSR count). The summed E-state index contributed by atoms with van der Waals surface area (Å²) < 4.78 is 42.5. The third-order valence-corrected chi connectivity index (χ3v) is 12.2. The van der Waals surface area contributed by atoms with Crippen LogP contribution in [0.25, 0.3) is 11.2 Å². The number of rotatable bonds is 19. The first-order chi connectivity index (χ1) is 28.5. The molecule has 3 heterocycles. The van der Waals surface area contributed by atoms with E-state index in [1.807, 2.05) is 78.9 Å². The highest BCUT2D eigenvalue weighted by Crippen LogP contribution is 2.51. The summed E-state index contributed by atoms with van der Waals surface area (Å²) in [7, 11) is 1.61. The largest absolute Gasteiger partial charge is 0.497 e. The van der Waals surface area contributed by atoms with Crippen LogP contribution in [0.5, 0.6) is 11.5 Å². The Hall–Kier alpha value is -5.07. The predicted molar refractivity (Wildman–Crippen MR) is 223 cm³/mol. The highest BCUT2D eigenvalue weighted by molar-refractivity contribution is 7.44. The molecule has 0 bridgehead atoms. The highest BCUT2D eigenvalue weighted by atomic mass is 31.2. The Bertz CT molecular complexity index is 2110. The maximum atomic E-state index is 12.7. The molecule has 0 aliphatic carbocycles. The average molecular weight is 825 g/mol. The molecule has 1 aliphatic heterocycles. The van der Waals surface area contributed by atoms with Gasteiger partial charge in [-0.1, -0.05) is 73.7 Å². The van der Waals surface area contributed by atoms with E-state index in [4.69, 9.17) is 28.0 Å². The van der Waals surface area contributed by atoms with Crippen molar-refractivity contribution in [3.05, 3.63) is 102 Å². The second-order valence-corrected chi connectivity index (χ2v) is 16.3. The first kappa shape index (κ1) is 43.5. The van der Waals surface area contributed by atoms with Gasteiger partial charge in [-0.3, -0.25) is 4.79 Å². The van der Waals surface area contributed by atoms with E-state index in [1.165, 1.54) is 6.33 Å². The second-order valence-electron chi connectivity index (χ2n) is 14.9. The van der Waals surface area contributed by atoms with Gasteiger partial charge in [0.05, 0.1) is 46.0 Å². The number of fused-ring (bicyclic) bond motifs is 1. The van der Waals surface area contributed by atoms with Crippen LogP contribution in [0.3, 0.4) is 0 Å². The molecule has 1 unspecified atom stereocenters. The predicted octanol–water partition coefficient (Wildman–Crippen LogP) is 7.79. The van der Waals surface area contributed by atoms with Gasteiger partial charge in [0.15, 0.2) is 23.2 Å². The van der Waals surface area contributed by atoms with Gasteiger partial charge < -0.3 is 33.3 Å². The number of hydrogen-bond acceptors (Lipinski definition) is 13. The summed E-state index contributed by atoms with van der Waals surface area (Å²) in [5.74, 6) is 1.20. The fourth-order valence-electron chi connectivity index (χ4n) is 7.11. The number of nitrogens with one attached hydrogen (secondary N) is 1. The zero-order chi connectivity index (χ0) is 42.1. The topological polar surface area (TPSA) is 168 Å². The van der Waals surface area contributed by atoms with Crippen LogP contribution in [0.4, 0.5) is 5.82 Å². The minimum absolute atomic E-state index is 0.0656. The molecular weight excluding hydrogens is 771 g/mol. The molecule has 1 fully saturated rings. The number of nitriles is 1. The molecule has 1 amide bonds. The summed E-state index contributed by atoms with van der Waals surface area (Å²) in [4.78, 5) is 21.4. The molecule has 0 saturated carbocycles. The summed E-state index contributed by atoms with van der Waals surface area (Å²) in [5, 5.41) is 21.1. The molecule has 3 aromatic carbocycles. The molecule has 1 aliphatic rings. The number of nitrogens with zero attached hydrogens (tertiary/aromatic N) is 7. The number of hydrogen-bond donors (Lipinski definition) is 1. The summed E-state index contributed by atoms with van der Waals surface area (Å²) >= 11 is 0. The minimum Gasteiger partial charge on any atom is -0.497 e. The first-order valence-corrected chi connectivity index (χ1v) is 20.9. The Morgan fingerprint density at radius 2 is 1.54 bits per heavy atom. The van der Waals surface area contributed by atoms with Crippen molar-refractivity contribution in [2.45, 2.75) is 90.5 Å². The van der Waals surface area contributed by atoms with Gasteiger partial charge in [-0.15, -0.1) is 5.10 Å². The molecular formula is C43H53N8O7P. The van der Waals surface area contributed by atoms with Crippen LogP contribution < -0.4 is 14.8 Å². The number of aromatic nitrogens is 5. The van der Waals surface area contributed by atoms with E-state index in [2.05, 4.69) is 64.0 Å². The molecule has 0 radical (unpaired) electrons. The third kappa shape index (κ3) is 9.71. The van der Waals surface area contributed by atoms with Crippen molar-refractivity contribution in [3.63, 3.8) is 0 Å². The van der Waals surface area contributed by atoms with Gasteiger partial charge in [0.25, 0.3) is 8.53 Å². The van der Waals surface area contributed by atoms with Gasteiger partial charge in [-0.25, -0.2) is 14.6 Å². The van der Waals surface area contributed by atoms with E-state index in [1.54, 1.807) is 32.7 Å². The maximum absolute atomic E-state index is 12.7. The average Bonchev–Trinajstić information content (AvgIpc) is 3.86. The standard InChI is InChI=1S/C43H53N8O7P/c1-28(2)42(52)47-40-39-41(46-27-45-40)50(49-48-39)38-25-36(58-59(56-24-12-23-44)51(29(3)4)30(5)6)37(57-38)26-55-43(31-13-10-9-11-14-31,32-15-19-34(53-7)20-16-32)33-17-21-35(54-8)22-18-33/h9-11,13-22,27-30,36-38H,12,24-26H2,1-8H3,(H,45,46,47,52)/t36-,37+,38+,59?/m0/s1. The fourth-order valence-corrected chi connectivity index (χ4v) is 8.87. The molecule has 0 spiro atoms. The van der Waals surface area contributed by atoms with Crippen LogP contribution in [0.15, 0.2) is 85.2 Å². The normalized spacial score (nSPS) is 17.5. The lowest BCUT2D eigenvalue weighted by molar-refractivity contribution is -0.118. The van der Waals surface area contributed by atoms with E-state index < -0.39 is 32.6 Å².